The van der Waals surface area contributed by atoms with Crippen LogP contribution >= 0.6 is 0 Å². The number of sulfonamides is 1. The molecule has 3 rings (SSSR count). The van der Waals surface area contributed by atoms with Crippen LogP contribution in [0.15, 0.2) is 42.5 Å². The second-order valence-corrected chi connectivity index (χ2v) is 9.52. The predicted molar refractivity (Wildman–Crippen MR) is 115 cm³/mol. The quantitative estimate of drug-likeness (QED) is 0.672. The van der Waals surface area contributed by atoms with E-state index in [0.29, 0.717) is 24.5 Å². The Labute approximate surface area is 178 Å². The molecule has 1 aliphatic heterocycles. The first-order valence-corrected chi connectivity index (χ1v) is 11.4. The summed E-state index contributed by atoms with van der Waals surface area (Å²) in [5.41, 5.74) is 2.77. The standard InChI is InChI=1S/C22H28N2O5S/c1-5-30(26,27)24-15-17-9-7-6-8-16(17)12-20(24)22(25)23(2)14-18-10-11-19(28-3)13-21(18)29-4/h6-11,13,20H,5,12,14-15H2,1-4H3/t20-/m1/s1. The van der Waals surface area contributed by atoms with E-state index in [0.717, 1.165) is 16.7 Å². The van der Waals surface area contributed by atoms with Crippen LogP contribution in [0.1, 0.15) is 23.6 Å². The van der Waals surface area contributed by atoms with Gasteiger partial charge in [-0.15, -0.1) is 0 Å². The van der Waals surface area contributed by atoms with Crippen molar-refractivity contribution in [3.8, 4) is 11.5 Å². The third-order valence-electron chi connectivity index (χ3n) is 5.49. The van der Waals surface area contributed by atoms with E-state index in [4.69, 9.17) is 9.47 Å². The van der Waals surface area contributed by atoms with Gasteiger partial charge in [-0.2, -0.15) is 4.31 Å². The number of benzene rings is 2. The molecule has 0 aliphatic carbocycles. The first-order valence-electron chi connectivity index (χ1n) is 9.83. The zero-order valence-electron chi connectivity index (χ0n) is 17.8. The molecular formula is C22H28N2O5S. The minimum Gasteiger partial charge on any atom is -0.497 e. The lowest BCUT2D eigenvalue weighted by molar-refractivity contribution is -0.135. The molecule has 2 aromatic rings. The van der Waals surface area contributed by atoms with Crippen LogP contribution in [0.4, 0.5) is 0 Å². The Kier molecular flexibility index (Phi) is 6.67. The number of ether oxygens (including phenoxy) is 2. The molecule has 0 saturated carbocycles. The summed E-state index contributed by atoms with van der Waals surface area (Å²) < 4.78 is 37.5. The van der Waals surface area contributed by atoms with E-state index in [1.807, 2.05) is 30.3 Å². The molecule has 1 amide bonds. The molecule has 0 N–H and O–H groups in total. The van der Waals surface area contributed by atoms with Crippen molar-refractivity contribution in [2.45, 2.75) is 32.5 Å². The molecule has 0 unspecified atom stereocenters. The number of hydrogen-bond donors (Lipinski definition) is 0. The Bertz CT molecular complexity index is 1020. The monoisotopic (exact) mass is 432 g/mol. The highest BCUT2D eigenvalue weighted by molar-refractivity contribution is 7.89. The van der Waals surface area contributed by atoms with Crippen LogP contribution in [0.25, 0.3) is 0 Å². The number of likely N-dealkylation sites (N-methyl/N-ethyl adjacent to an activating group) is 1. The van der Waals surface area contributed by atoms with Gasteiger partial charge in [0, 0.05) is 31.8 Å². The Balaban J connectivity index is 1.88. The summed E-state index contributed by atoms with van der Waals surface area (Å²) in [4.78, 5) is 14.9. The maximum Gasteiger partial charge on any atom is 0.241 e. The van der Waals surface area contributed by atoms with Gasteiger partial charge in [-0.05, 0) is 36.6 Å². The number of fused-ring (bicyclic) bond motifs is 1. The molecule has 0 spiro atoms. The van der Waals surface area contributed by atoms with Crippen molar-refractivity contribution in [3.63, 3.8) is 0 Å². The molecule has 7 nitrogen and oxygen atoms in total. The number of carbonyl (C=O) groups is 1. The topological polar surface area (TPSA) is 76.2 Å². The van der Waals surface area contributed by atoms with Crippen molar-refractivity contribution in [2.75, 3.05) is 27.0 Å². The maximum atomic E-state index is 13.4. The van der Waals surface area contributed by atoms with Gasteiger partial charge in [0.05, 0.1) is 20.0 Å². The lowest BCUT2D eigenvalue weighted by atomic mass is 9.95. The van der Waals surface area contributed by atoms with E-state index in [9.17, 15) is 13.2 Å². The number of carbonyl (C=O) groups excluding carboxylic acids is 1. The van der Waals surface area contributed by atoms with Gasteiger partial charge >= 0.3 is 0 Å². The van der Waals surface area contributed by atoms with Crippen LogP contribution in [0.2, 0.25) is 0 Å². The zero-order chi connectivity index (χ0) is 21.9. The van der Waals surface area contributed by atoms with Crippen molar-refractivity contribution >= 4 is 15.9 Å². The number of nitrogens with zero attached hydrogens (tertiary/aromatic N) is 2. The van der Waals surface area contributed by atoms with E-state index >= 15 is 0 Å². The van der Waals surface area contributed by atoms with E-state index in [1.54, 1.807) is 45.2 Å². The fourth-order valence-corrected chi connectivity index (χ4v) is 4.96. The largest absolute Gasteiger partial charge is 0.497 e. The molecule has 30 heavy (non-hydrogen) atoms. The summed E-state index contributed by atoms with van der Waals surface area (Å²) in [7, 11) is 1.28. The third kappa shape index (κ3) is 4.44. The van der Waals surface area contributed by atoms with Crippen LogP contribution in [0.5, 0.6) is 11.5 Å². The first-order chi connectivity index (χ1) is 14.3. The summed E-state index contributed by atoms with van der Waals surface area (Å²) in [6.45, 7) is 2.11. The maximum absolute atomic E-state index is 13.4. The van der Waals surface area contributed by atoms with Crippen LogP contribution in [0, 0.1) is 0 Å². The zero-order valence-corrected chi connectivity index (χ0v) is 18.6. The first kappa shape index (κ1) is 22.1. The predicted octanol–water partition coefficient (Wildman–Crippen LogP) is 2.44. The molecule has 1 heterocycles. The van der Waals surface area contributed by atoms with E-state index in [1.165, 1.54) is 4.31 Å². The van der Waals surface area contributed by atoms with Crippen molar-refractivity contribution in [3.05, 3.63) is 59.2 Å². The van der Waals surface area contributed by atoms with Crippen LogP contribution in [-0.4, -0.2) is 56.6 Å². The third-order valence-corrected chi connectivity index (χ3v) is 7.32. The summed E-state index contributed by atoms with van der Waals surface area (Å²) in [6.07, 6.45) is 0.359. The molecule has 1 atom stereocenters. The van der Waals surface area contributed by atoms with Crippen molar-refractivity contribution in [2.24, 2.45) is 0 Å². The average molecular weight is 433 g/mol. The Morgan fingerprint density at radius 2 is 1.83 bits per heavy atom. The molecule has 162 valence electrons. The summed E-state index contributed by atoms with van der Waals surface area (Å²) in [5, 5.41) is 0. The summed E-state index contributed by atoms with van der Waals surface area (Å²) in [6, 6.07) is 12.3. The van der Waals surface area contributed by atoms with E-state index < -0.39 is 16.1 Å². The highest BCUT2D eigenvalue weighted by atomic mass is 32.2. The van der Waals surface area contributed by atoms with E-state index in [-0.39, 0.29) is 18.2 Å². The minimum absolute atomic E-state index is 0.0467. The van der Waals surface area contributed by atoms with Gasteiger partial charge in [0.1, 0.15) is 17.5 Å². The van der Waals surface area contributed by atoms with Crippen molar-refractivity contribution in [1.29, 1.82) is 0 Å². The highest BCUT2D eigenvalue weighted by Gasteiger charge is 2.39. The molecule has 1 aliphatic rings. The molecule has 0 fully saturated rings. The van der Waals surface area contributed by atoms with Gasteiger partial charge in [0.25, 0.3) is 0 Å². The number of methoxy groups -OCH3 is 2. The Morgan fingerprint density at radius 1 is 1.13 bits per heavy atom. The van der Waals surface area contributed by atoms with Gasteiger partial charge in [-0.3, -0.25) is 4.79 Å². The van der Waals surface area contributed by atoms with Crippen LogP contribution in [-0.2, 0) is 34.3 Å². The van der Waals surface area contributed by atoms with Gasteiger partial charge in [-0.25, -0.2) is 8.42 Å². The molecule has 8 heteroatoms. The van der Waals surface area contributed by atoms with Crippen LogP contribution in [0.3, 0.4) is 0 Å². The Morgan fingerprint density at radius 3 is 2.47 bits per heavy atom. The molecule has 2 aromatic carbocycles. The van der Waals surface area contributed by atoms with Crippen molar-refractivity contribution in [1.82, 2.24) is 9.21 Å². The summed E-state index contributed by atoms with van der Waals surface area (Å²) >= 11 is 0. The van der Waals surface area contributed by atoms with Gasteiger partial charge in [-0.1, -0.05) is 24.3 Å². The van der Waals surface area contributed by atoms with Gasteiger partial charge in [0.15, 0.2) is 0 Å². The minimum atomic E-state index is -3.54. The SMILES string of the molecule is CCS(=O)(=O)N1Cc2ccccc2C[C@@H]1C(=O)N(C)Cc1ccc(OC)cc1OC. The van der Waals surface area contributed by atoms with Crippen LogP contribution < -0.4 is 9.47 Å². The molecule has 0 aromatic heterocycles. The second-order valence-electron chi connectivity index (χ2n) is 7.31. The lowest BCUT2D eigenvalue weighted by Crippen LogP contribution is -2.53. The molecule has 0 bridgehead atoms. The normalized spacial score (nSPS) is 16.6. The Hall–Kier alpha value is -2.58. The molecule has 0 saturated heterocycles. The fourth-order valence-electron chi connectivity index (χ4n) is 3.74. The lowest BCUT2D eigenvalue weighted by Gasteiger charge is -2.36. The second kappa shape index (κ2) is 9.06. The smallest absolute Gasteiger partial charge is 0.241 e. The fraction of sp³-hybridized carbons (Fsp3) is 0.409. The average Bonchev–Trinajstić information content (AvgIpc) is 2.77. The van der Waals surface area contributed by atoms with Crippen molar-refractivity contribution < 1.29 is 22.7 Å². The molecular weight excluding hydrogens is 404 g/mol. The summed E-state index contributed by atoms with van der Waals surface area (Å²) in [5.74, 6) is 0.990. The molecule has 0 radical (unpaired) electrons. The number of hydrogen-bond acceptors (Lipinski definition) is 5. The van der Waals surface area contributed by atoms with E-state index in [2.05, 4.69) is 0 Å². The number of amides is 1. The number of rotatable bonds is 7. The van der Waals surface area contributed by atoms with Gasteiger partial charge < -0.3 is 14.4 Å². The highest BCUT2D eigenvalue weighted by Crippen LogP contribution is 2.29. The van der Waals surface area contributed by atoms with Gasteiger partial charge in [0.2, 0.25) is 15.9 Å².